The van der Waals surface area contributed by atoms with Crippen LogP contribution in [0.5, 0.6) is 0 Å². The summed E-state index contributed by atoms with van der Waals surface area (Å²) in [5, 5.41) is 0. The summed E-state index contributed by atoms with van der Waals surface area (Å²) in [5.41, 5.74) is 2.54. The molecule has 1 aliphatic carbocycles. The van der Waals surface area contributed by atoms with Crippen molar-refractivity contribution in [3.05, 3.63) is 34.9 Å². The van der Waals surface area contributed by atoms with Gasteiger partial charge >= 0.3 is 5.97 Å². The summed E-state index contributed by atoms with van der Waals surface area (Å²) >= 11 is 0. The summed E-state index contributed by atoms with van der Waals surface area (Å²) in [6, 6.07) is 5.69. The van der Waals surface area contributed by atoms with Crippen molar-refractivity contribution in [1.29, 1.82) is 0 Å². The van der Waals surface area contributed by atoms with Gasteiger partial charge in [0.1, 0.15) is 0 Å². The number of hydrogen-bond acceptors (Lipinski definition) is 4. The third-order valence-corrected chi connectivity index (χ3v) is 4.45. The van der Waals surface area contributed by atoms with Gasteiger partial charge < -0.3 is 9.47 Å². The first kappa shape index (κ1) is 13.3. The van der Waals surface area contributed by atoms with Crippen LogP contribution in [0.1, 0.15) is 34.3 Å². The molecule has 0 N–H and O–H groups in total. The van der Waals surface area contributed by atoms with Crippen LogP contribution in [0.15, 0.2) is 18.2 Å². The van der Waals surface area contributed by atoms with E-state index in [1.54, 1.807) is 0 Å². The van der Waals surface area contributed by atoms with Crippen molar-refractivity contribution < 1.29 is 19.1 Å². The zero-order valence-corrected chi connectivity index (χ0v) is 11.6. The van der Waals surface area contributed by atoms with Crippen molar-refractivity contribution in [1.82, 2.24) is 0 Å². The maximum Gasteiger partial charge on any atom is 0.309 e. The minimum atomic E-state index is -0.259. The van der Waals surface area contributed by atoms with E-state index in [9.17, 15) is 9.59 Å². The van der Waals surface area contributed by atoms with E-state index in [2.05, 4.69) is 4.74 Å². The fourth-order valence-electron chi connectivity index (χ4n) is 3.26. The number of Topliss-reactive ketones (excluding diaryl/α,β-unsaturated/α-hetero) is 1. The lowest BCUT2D eigenvalue weighted by atomic mass is 9.77. The first-order chi connectivity index (χ1) is 9.64. The van der Waals surface area contributed by atoms with Crippen LogP contribution in [-0.4, -0.2) is 32.1 Å². The maximum atomic E-state index is 12.6. The minimum Gasteiger partial charge on any atom is -0.469 e. The van der Waals surface area contributed by atoms with Crippen LogP contribution in [0, 0.1) is 5.41 Å². The highest BCUT2D eigenvalue weighted by Crippen LogP contribution is 2.44. The molecule has 106 valence electrons. The van der Waals surface area contributed by atoms with E-state index in [-0.39, 0.29) is 23.6 Å². The fourth-order valence-corrected chi connectivity index (χ4v) is 3.26. The quantitative estimate of drug-likeness (QED) is 0.773. The van der Waals surface area contributed by atoms with Crippen LogP contribution >= 0.6 is 0 Å². The summed E-state index contributed by atoms with van der Waals surface area (Å²) < 4.78 is 10.1. The van der Waals surface area contributed by atoms with Gasteiger partial charge in [0.05, 0.1) is 13.5 Å². The van der Waals surface area contributed by atoms with Crippen LogP contribution in [0.25, 0.3) is 0 Å². The second-order valence-electron chi connectivity index (χ2n) is 5.64. The van der Waals surface area contributed by atoms with Gasteiger partial charge in [0.25, 0.3) is 0 Å². The third kappa shape index (κ3) is 2.14. The van der Waals surface area contributed by atoms with E-state index >= 15 is 0 Å². The standard InChI is InChI=1S/C16H18O4/c1-19-14(17)9-11-2-3-13-12(8-11)10-16(15(13)18)4-6-20-7-5-16/h2-3,8H,4-7,9-10H2,1H3. The van der Waals surface area contributed by atoms with Crippen molar-refractivity contribution in [2.45, 2.75) is 25.7 Å². The lowest BCUT2D eigenvalue weighted by molar-refractivity contribution is -0.139. The first-order valence-electron chi connectivity index (χ1n) is 6.96. The molecule has 1 heterocycles. The zero-order chi connectivity index (χ0) is 14.2. The number of carbonyl (C=O) groups is 2. The lowest BCUT2D eigenvalue weighted by Crippen LogP contribution is -2.34. The maximum absolute atomic E-state index is 12.6. The van der Waals surface area contributed by atoms with E-state index in [1.807, 2.05) is 18.2 Å². The Kier molecular flexibility index (Phi) is 3.34. The number of ketones is 1. The highest BCUT2D eigenvalue weighted by atomic mass is 16.5. The molecule has 20 heavy (non-hydrogen) atoms. The molecule has 0 saturated carbocycles. The van der Waals surface area contributed by atoms with Crippen molar-refractivity contribution in [3.8, 4) is 0 Å². The van der Waals surface area contributed by atoms with Crippen LogP contribution in [0.4, 0.5) is 0 Å². The molecule has 4 nitrogen and oxygen atoms in total. The second-order valence-corrected chi connectivity index (χ2v) is 5.64. The Morgan fingerprint density at radius 1 is 1.35 bits per heavy atom. The highest BCUT2D eigenvalue weighted by Gasteiger charge is 2.46. The number of carbonyl (C=O) groups excluding carboxylic acids is 2. The van der Waals surface area contributed by atoms with Gasteiger partial charge in [-0.15, -0.1) is 0 Å². The molecule has 0 bridgehead atoms. The van der Waals surface area contributed by atoms with Gasteiger partial charge in [-0.25, -0.2) is 0 Å². The Bertz CT molecular complexity index is 556. The molecular weight excluding hydrogens is 256 g/mol. The van der Waals surface area contributed by atoms with E-state index in [1.165, 1.54) is 7.11 Å². The molecule has 1 aliphatic heterocycles. The van der Waals surface area contributed by atoms with Gasteiger partial charge in [0, 0.05) is 24.2 Å². The number of hydrogen-bond donors (Lipinski definition) is 0. The van der Waals surface area contributed by atoms with Crippen LogP contribution < -0.4 is 0 Å². The van der Waals surface area contributed by atoms with Crippen molar-refractivity contribution in [2.24, 2.45) is 5.41 Å². The second kappa shape index (κ2) is 5.02. The van der Waals surface area contributed by atoms with Gasteiger partial charge in [0.15, 0.2) is 5.78 Å². The van der Waals surface area contributed by atoms with Crippen molar-refractivity contribution >= 4 is 11.8 Å². The summed E-state index contributed by atoms with van der Waals surface area (Å²) in [6.07, 6.45) is 2.63. The number of rotatable bonds is 2. The largest absolute Gasteiger partial charge is 0.469 e. The normalized spacial score (nSPS) is 19.9. The molecule has 0 unspecified atom stereocenters. The van der Waals surface area contributed by atoms with E-state index in [0.29, 0.717) is 13.2 Å². The molecule has 4 heteroatoms. The van der Waals surface area contributed by atoms with Crippen molar-refractivity contribution in [3.63, 3.8) is 0 Å². The van der Waals surface area contributed by atoms with Gasteiger partial charge in [-0.1, -0.05) is 18.2 Å². The number of methoxy groups -OCH3 is 1. The third-order valence-electron chi connectivity index (χ3n) is 4.45. The van der Waals surface area contributed by atoms with E-state index in [0.717, 1.165) is 36.0 Å². The molecule has 1 spiro atoms. The Morgan fingerprint density at radius 2 is 2.10 bits per heavy atom. The summed E-state index contributed by atoms with van der Waals surface area (Å²) in [4.78, 5) is 24.0. The predicted octanol–water partition coefficient (Wildman–Crippen LogP) is 1.94. The van der Waals surface area contributed by atoms with Crippen LogP contribution in [0.3, 0.4) is 0 Å². The molecule has 1 aromatic rings. The monoisotopic (exact) mass is 274 g/mol. The van der Waals surface area contributed by atoms with Crippen LogP contribution in [-0.2, 0) is 27.1 Å². The smallest absolute Gasteiger partial charge is 0.309 e. The van der Waals surface area contributed by atoms with Gasteiger partial charge in [-0.05, 0) is 30.4 Å². The molecule has 3 rings (SSSR count). The van der Waals surface area contributed by atoms with Crippen LogP contribution in [0.2, 0.25) is 0 Å². The van der Waals surface area contributed by atoms with Gasteiger partial charge in [-0.2, -0.15) is 0 Å². The van der Waals surface area contributed by atoms with E-state index in [4.69, 9.17) is 4.74 Å². The Hall–Kier alpha value is -1.68. The average Bonchev–Trinajstić information content (AvgIpc) is 2.72. The van der Waals surface area contributed by atoms with Gasteiger partial charge in [-0.3, -0.25) is 9.59 Å². The summed E-state index contributed by atoms with van der Waals surface area (Å²) in [6.45, 7) is 1.32. The summed E-state index contributed by atoms with van der Waals surface area (Å²) in [7, 11) is 1.39. The molecular formula is C16H18O4. The average molecular weight is 274 g/mol. The van der Waals surface area contributed by atoms with Gasteiger partial charge in [0.2, 0.25) is 0 Å². The van der Waals surface area contributed by atoms with Crippen molar-refractivity contribution in [2.75, 3.05) is 20.3 Å². The minimum absolute atomic E-state index is 0.250. The number of benzene rings is 1. The van der Waals surface area contributed by atoms with E-state index < -0.39 is 0 Å². The highest BCUT2D eigenvalue weighted by molar-refractivity contribution is 6.05. The molecule has 0 radical (unpaired) electrons. The zero-order valence-electron chi connectivity index (χ0n) is 11.6. The molecule has 1 fully saturated rings. The fraction of sp³-hybridized carbons (Fsp3) is 0.500. The molecule has 0 amide bonds. The molecule has 0 aromatic heterocycles. The predicted molar refractivity (Wildman–Crippen MR) is 72.7 cm³/mol. The molecule has 2 aliphatic rings. The number of esters is 1. The Balaban J connectivity index is 1.87. The lowest BCUT2D eigenvalue weighted by Gasteiger charge is -2.31. The number of ether oxygens (including phenoxy) is 2. The first-order valence-corrected chi connectivity index (χ1v) is 6.96. The number of fused-ring (bicyclic) bond motifs is 1. The summed E-state index contributed by atoms with van der Waals surface area (Å²) in [5.74, 6) is -0.00419. The SMILES string of the molecule is COC(=O)Cc1ccc2c(c1)CC1(CCOCC1)C2=O. The molecule has 1 aromatic carbocycles. The topological polar surface area (TPSA) is 52.6 Å². The molecule has 0 atom stereocenters. The molecule has 1 saturated heterocycles. The Morgan fingerprint density at radius 3 is 2.80 bits per heavy atom. The Labute approximate surface area is 118 Å².